The number of nitrogens with two attached hydrogens (primary N) is 1. The lowest BCUT2D eigenvalue weighted by Gasteiger charge is -2.25. The number of rotatable bonds is 11. The van der Waals surface area contributed by atoms with E-state index in [9.17, 15) is 24.0 Å². The molecule has 3 atom stereocenters. The zero-order valence-corrected chi connectivity index (χ0v) is 14.1. The molecule has 0 radical (unpaired) electrons. The molecule has 11 nitrogen and oxygen atoms in total. The fraction of sp³-hybridized carbons (Fsp3) is 0.643. The van der Waals surface area contributed by atoms with Gasteiger partial charge in [-0.05, 0) is 5.92 Å². The van der Waals surface area contributed by atoms with E-state index in [1.54, 1.807) is 13.8 Å². The van der Waals surface area contributed by atoms with E-state index in [1.165, 1.54) is 0 Å². The third-order valence-corrected chi connectivity index (χ3v) is 3.42. The number of aliphatic carboxylic acids is 2. The molecular weight excluding hydrogens is 336 g/mol. The van der Waals surface area contributed by atoms with Crippen molar-refractivity contribution < 1.29 is 34.2 Å². The summed E-state index contributed by atoms with van der Waals surface area (Å²) in [4.78, 5) is 57.1. The summed E-state index contributed by atoms with van der Waals surface area (Å²) < 4.78 is 0. The third-order valence-electron chi connectivity index (χ3n) is 3.42. The van der Waals surface area contributed by atoms with Gasteiger partial charge in [0.1, 0.15) is 18.6 Å². The number of nitrogens with one attached hydrogen (secondary N) is 3. The molecule has 0 aliphatic carbocycles. The Morgan fingerprint density at radius 3 is 2.04 bits per heavy atom. The number of carbonyl (C=O) groups is 5. The average Bonchev–Trinajstić information content (AvgIpc) is 2.55. The average molecular weight is 360 g/mol. The lowest BCUT2D eigenvalue weighted by Crippen LogP contribution is -2.57. The molecule has 3 amide bonds. The second-order valence-electron chi connectivity index (χ2n) is 5.41. The first kappa shape index (κ1) is 22.3. The van der Waals surface area contributed by atoms with Crippen LogP contribution in [0.1, 0.15) is 26.7 Å². The molecule has 0 rings (SSSR count). The van der Waals surface area contributed by atoms with Crippen LogP contribution in [0.25, 0.3) is 0 Å². The van der Waals surface area contributed by atoms with Crippen LogP contribution in [-0.4, -0.2) is 65.0 Å². The van der Waals surface area contributed by atoms with Gasteiger partial charge in [-0.15, -0.1) is 0 Å². The molecule has 25 heavy (non-hydrogen) atoms. The molecule has 0 bridgehead atoms. The van der Waals surface area contributed by atoms with E-state index < -0.39 is 54.7 Å². The normalized spacial score (nSPS) is 13.9. The van der Waals surface area contributed by atoms with Gasteiger partial charge in [-0.25, -0.2) is 0 Å². The van der Waals surface area contributed by atoms with Gasteiger partial charge in [0.25, 0.3) is 0 Å². The number of carboxylic acids is 2. The van der Waals surface area contributed by atoms with Crippen LogP contribution >= 0.6 is 0 Å². The molecule has 142 valence electrons. The van der Waals surface area contributed by atoms with Crippen molar-refractivity contribution in [2.45, 2.75) is 38.8 Å². The third kappa shape index (κ3) is 8.65. The lowest BCUT2D eigenvalue weighted by molar-refractivity contribution is -0.141. The van der Waals surface area contributed by atoms with Crippen LogP contribution in [-0.2, 0) is 24.0 Å². The fourth-order valence-corrected chi connectivity index (χ4v) is 1.87. The Bertz CT molecular complexity index is 523. The lowest BCUT2D eigenvalue weighted by atomic mass is 9.97. The van der Waals surface area contributed by atoms with Crippen LogP contribution in [0.4, 0.5) is 0 Å². The van der Waals surface area contributed by atoms with E-state index in [0.29, 0.717) is 6.42 Å². The summed E-state index contributed by atoms with van der Waals surface area (Å²) in [6.45, 7) is 2.42. The van der Waals surface area contributed by atoms with Crippen molar-refractivity contribution in [2.24, 2.45) is 11.7 Å². The number of hydrogen-bond donors (Lipinski definition) is 6. The van der Waals surface area contributed by atoms with Crippen molar-refractivity contribution in [3.05, 3.63) is 0 Å². The fourth-order valence-electron chi connectivity index (χ4n) is 1.87. The molecule has 0 saturated carbocycles. The van der Waals surface area contributed by atoms with Crippen molar-refractivity contribution in [2.75, 3.05) is 13.1 Å². The maximum absolute atomic E-state index is 12.4. The largest absolute Gasteiger partial charge is 0.481 e. The Balaban J connectivity index is 5.16. The first-order valence-corrected chi connectivity index (χ1v) is 7.63. The van der Waals surface area contributed by atoms with E-state index >= 15 is 0 Å². The van der Waals surface area contributed by atoms with Gasteiger partial charge in [-0.1, -0.05) is 20.3 Å². The molecule has 0 fully saturated rings. The molecule has 7 N–H and O–H groups in total. The first-order chi connectivity index (χ1) is 11.6. The van der Waals surface area contributed by atoms with Gasteiger partial charge in [0, 0.05) is 0 Å². The molecule has 11 heteroatoms. The Labute approximate surface area is 144 Å². The molecule has 0 spiro atoms. The van der Waals surface area contributed by atoms with E-state index in [1.807, 2.05) is 5.32 Å². The molecular formula is C14H24N4O7. The van der Waals surface area contributed by atoms with Crippen LogP contribution in [0.3, 0.4) is 0 Å². The van der Waals surface area contributed by atoms with Gasteiger partial charge in [-0.3, -0.25) is 24.0 Å². The number of carboxylic acid groups (broad SMARTS) is 2. The minimum Gasteiger partial charge on any atom is -0.481 e. The quantitative estimate of drug-likeness (QED) is 0.236. The highest BCUT2D eigenvalue weighted by atomic mass is 16.4. The molecule has 3 unspecified atom stereocenters. The standard InChI is InChI=1S/C14H24N4O7/c1-3-7(2)12(18-9(19)5-15)14(25)17-8(4-10(20)21)13(24)16-6-11(22)23/h7-8,12H,3-6,15H2,1-2H3,(H,16,24)(H,17,25)(H,18,19)(H,20,21)(H,22,23). The summed E-state index contributed by atoms with van der Waals surface area (Å²) in [5.74, 6) is -5.27. The molecule has 0 aromatic carbocycles. The zero-order valence-electron chi connectivity index (χ0n) is 14.1. The van der Waals surface area contributed by atoms with Crippen molar-refractivity contribution in [1.82, 2.24) is 16.0 Å². The smallest absolute Gasteiger partial charge is 0.322 e. The van der Waals surface area contributed by atoms with Crippen molar-refractivity contribution in [3.63, 3.8) is 0 Å². The summed E-state index contributed by atoms with van der Waals surface area (Å²) in [7, 11) is 0. The molecule has 0 aromatic heterocycles. The first-order valence-electron chi connectivity index (χ1n) is 7.63. The summed E-state index contributed by atoms with van der Waals surface area (Å²) in [5, 5.41) is 24.1. The van der Waals surface area contributed by atoms with Gasteiger partial charge in [0.2, 0.25) is 17.7 Å². The highest BCUT2D eigenvalue weighted by molar-refractivity contribution is 5.94. The van der Waals surface area contributed by atoms with Gasteiger partial charge in [0.15, 0.2) is 0 Å². The van der Waals surface area contributed by atoms with E-state index in [0.717, 1.165) is 0 Å². The van der Waals surface area contributed by atoms with Crippen molar-refractivity contribution in [3.8, 4) is 0 Å². The Kier molecular flexibility index (Phi) is 9.79. The van der Waals surface area contributed by atoms with Gasteiger partial charge < -0.3 is 31.9 Å². The number of carbonyl (C=O) groups excluding carboxylic acids is 3. The minimum absolute atomic E-state index is 0.303. The zero-order chi connectivity index (χ0) is 19.6. The number of hydrogen-bond acceptors (Lipinski definition) is 6. The highest BCUT2D eigenvalue weighted by Crippen LogP contribution is 2.09. The van der Waals surface area contributed by atoms with Crippen LogP contribution < -0.4 is 21.7 Å². The summed E-state index contributed by atoms with van der Waals surface area (Å²) >= 11 is 0. The maximum Gasteiger partial charge on any atom is 0.322 e. The van der Waals surface area contributed by atoms with Crippen LogP contribution in [0.5, 0.6) is 0 Å². The number of amides is 3. The molecule has 0 heterocycles. The van der Waals surface area contributed by atoms with E-state index in [-0.39, 0.29) is 12.5 Å². The maximum atomic E-state index is 12.4. The summed E-state index contributed by atoms with van der Waals surface area (Å²) in [6, 6.07) is -2.49. The molecule has 0 aliphatic rings. The topological polar surface area (TPSA) is 188 Å². The van der Waals surface area contributed by atoms with Crippen LogP contribution in [0, 0.1) is 5.92 Å². The molecule has 0 aliphatic heterocycles. The second-order valence-corrected chi connectivity index (χ2v) is 5.41. The van der Waals surface area contributed by atoms with Gasteiger partial charge in [0.05, 0.1) is 13.0 Å². The van der Waals surface area contributed by atoms with Crippen LogP contribution in [0.2, 0.25) is 0 Å². The van der Waals surface area contributed by atoms with Crippen molar-refractivity contribution >= 4 is 29.7 Å². The Hall–Kier alpha value is -2.69. The predicted octanol–water partition coefficient (Wildman–Crippen LogP) is -2.36. The Morgan fingerprint density at radius 2 is 1.60 bits per heavy atom. The van der Waals surface area contributed by atoms with Crippen molar-refractivity contribution in [1.29, 1.82) is 0 Å². The monoisotopic (exact) mass is 360 g/mol. The highest BCUT2D eigenvalue weighted by Gasteiger charge is 2.30. The van der Waals surface area contributed by atoms with E-state index in [2.05, 4.69) is 10.6 Å². The minimum atomic E-state index is -1.48. The predicted molar refractivity (Wildman–Crippen MR) is 85.3 cm³/mol. The van der Waals surface area contributed by atoms with E-state index in [4.69, 9.17) is 15.9 Å². The summed E-state index contributed by atoms with van der Waals surface area (Å²) in [5.41, 5.74) is 5.20. The Morgan fingerprint density at radius 1 is 1.00 bits per heavy atom. The van der Waals surface area contributed by atoms with Gasteiger partial charge >= 0.3 is 11.9 Å². The molecule has 0 saturated heterocycles. The molecule has 0 aromatic rings. The summed E-state index contributed by atoms with van der Waals surface area (Å²) in [6.07, 6.45) is -0.215. The SMILES string of the molecule is CCC(C)C(NC(=O)CN)C(=O)NC(CC(=O)O)C(=O)NCC(=O)O. The second kappa shape index (κ2) is 11.0. The van der Waals surface area contributed by atoms with Crippen LogP contribution in [0.15, 0.2) is 0 Å². The van der Waals surface area contributed by atoms with Gasteiger partial charge in [-0.2, -0.15) is 0 Å².